The lowest BCUT2D eigenvalue weighted by Crippen LogP contribution is -2.19. The largest absolute Gasteiger partial charge is 0.493 e. The van der Waals surface area contributed by atoms with E-state index in [1.54, 1.807) is 14.2 Å². The van der Waals surface area contributed by atoms with Gasteiger partial charge in [0.2, 0.25) is 0 Å². The van der Waals surface area contributed by atoms with Crippen LogP contribution in [0.3, 0.4) is 0 Å². The van der Waals surface area contributed by atoms with Crippen molar-refractivity contribution in [2.45, 2.75) is 31.7 Å². The molecule has 0 aliphatic heterocycles. The molecule has 0 amide bonds. The van der Waals surface area contributed by atoms with Gasteiger partial charge in [0.1, 0.15) is 0 Å². The Labute approximate surface area is 103 Å². The minimum atomic E-state index is 0.123. The van der Waals surface area contributed by atoms with Crippen LogP contribution in [0.2, 0.25) is 0 Å². The number of benzene rings is 1. The summed E-state index contributed by atoms with van der Waals surface area (Å²) in [6.07, 6.45) is 5.11. The Morgan fingerprint density at radius 2 is 1.76 bits per heavy atom. The Kier molecular flexibility index (Phi) is 3.89. The SMILES string of the molecule is COc1ccc([C@@H](N)C2CCCC2)cc1OC. The van der Waals surface area contributed by atoms with Crippen molar-refractivity contribution in [3.8, 4) is 11.5 Å². The number of rotatable bonds is 4. The zero-order valence-corrected chi connectivity index (χ0v) is 10.6. The molecular formula is C14H21NO2. The van der Waals surface area contributed by atoms with E-state index in [0.717, 1.165) is 17.1 Å². The number of ether oxygens (including phenoxy) is 2. The van der Waals surface area contributed by atoms with Crippen LogP contribution in [0.25, 0.3) is 0 Å². The first kappa shape index (κ1) is 12.2. The number of hydrogen-bond donors (Lipinski definition) is 1. The second-order valence-corrected chi connectivity index (χ2v) is 4.68. The van der Waals surface area contributed by atoms with Crippen LogP contribution in [-0.4, -0.2) is 14.2 Å². The highest BCUT2D eigenvalue weighted by Gasteiger charge is 2.23. The third kappa shape index (κ3) is 2.55. The molecule has 1 aliphatic carbocycles. The highest BCUT2D eigenvalue weighted by Crippen LogP contribution is 2.37. The topological polar surface area (TPSA) is 44.5 Å². The van der Waals surface area contributed by atoms with E-state index in [4.69, 9.17) is 15.2 Å². The summed E-state index contributed by atoms with van der Waals surface area (Å²) in [4.78, 5) is 0. The van der Waals surface area contributed by atoms with Crippen molar-refractivity contribution in [3.05, 3.63) is 23.8 Å². The van der Waals surface area contributed by atoms with E-state index >= 15 is 0 Å². The molecule has 3 nitrogen and oxygen atoms in total. The Bertz CT molecular complexity index is 372. The zero-order valence-electron chi connectivity index (χ0n) is 10.6. The van der Waals surface area contributed by atoms with Crippen molar-refractivity contribution in [2.75, 3.05) is 14.2 Å². The molecule has 3 heteroatoms. The summed E-state index contributed by atoms with van der Waals surface area (Å²) < 4.78 is 10.5. The first-order valence-corrected chi connectivity index (χ1v) is 6.23. The molecule has 1 atom stereocenters. The van der Waals surface area contributed by atoms with E-state index < -0.39 is 0 Å². The molecule has 0 bridgehead atoms. The molecule has 0 spiro atoms. The molecule has 1 fully saturated rings. The summed E-state index contributed by atoms with van der Waals surface area (Å²) >= 11 is 0. The van der Waals surface area contributed by atoms with Crippen LogP contribution in [0, 0.1) is 5.92 Å². The lowest BCUT2D eigenvalue weighted by Gasteiger charge is -2.20. The maximum atomic E-state index is 6.32. The number of hydrogen-bond acceptors (Lipinski definition) is 3. The lowest BCUT2D eigenvalue weighted by molar-refractivity contribution is 0.353. The molecular weight excluding hydrogens is 214 g/mol. The minimum Gasteiger partial charge on any atom is -0.493 e. The van der Waals surface area contributed by atoms with Gasteiger partial charge in [-0.05, 0) is 36.5 Å². The Hall–Kier alpha value is -1.22. The molecule has 94 valence electrons. The highest BCUT2D eigenvalue weighted by atomic mass is 16.5. The van der Waals surface area contributed by atoms with Crippen molar-refractivity contribution in [1.29, 1.82) is 0 Å². The summed E-state index contributed by atoms with van der Waals surface area (Å²) in [5, 5.41) is 0. The summed E-state index contributed by atoms with van der Waals surface area (Å²) in [7, 11) is 3.30. The average molecular weight is 235 g/mol. The molecule has 0 saturated heterocycles. The monoisotopic (exact) mass is 235 g/mol. The molecule has 17 heavy (non-hydrogen) atoms. The molecule has 0 aromatic heterocycles. The van der Waals surface area contributed by atoms with E-state index in [9.17, 15) is 0 Å². The lowest BCUT2D eigenvalue weighted by atomic mass is 9.92. The van der Waals surface area contributed by atoms with E-state index in [-0.39, 0.29) is 6.04 Å². The second kappa shape index (κ2) is 5.41. The summed E-state index contributed by atoms with van der Waals surface area (Å²) in [6.45, 7) is 0. The van der Waals surface area contributed by atoms with Gasteiger partial charge in [0.25, 0.3) is 0 Å². The molecule has 1 saturated carbocycles. The molecule has 0 unspecified atom stereocenters. The van der Waals surface area contributed by atoms with Crippen molar-refractivity contribution < 1.29 is 9.47 Å². The Morgan fingerprint density at radius 3 is 2.35 bits per heavy atom. The van der Waals surface area contributed by atoms with Gasteiger partial charge >= 0.3 is 0 Å². The van der Waals surface area contributed by atoms with Crippen LogP contribution >= 0.6 is 0 Å². The van der Waals surface area contributed by atoms with E-state index in [2.05, 4.69) is 0 Å². The molecule has 1 aromatic rings. The van der Waals surface area contributed by atoms with Gasteiger partial charge in [-0.25, -0.2) is 0 Å². The Morgan fingerprint density at radius 1 is 1.12 bits per heavy atom. The van der Waals surface area contributed by atoms with Gasteiger partial charge in [0.05, 0.1) is 14.2 Å². The van der Waals surface area contributed by atoms with Gasteiger partial charge in [-0.1, -0.05) is 18.9 Å². The maximum absolute atomic E-state index is 6.32. The zero-order chi connectivity index (χ0) is 12.3. The standard InChI is InChI=1S/C14H21NO2/c1-16-12-8-7-11(9-13(12)17-2)14(15)10-5-3-4-6-10/h7-10,14H,3-6,15H2,1-2H3/t14-/m0/s1. The van der Waals surface area contributed by atoms with Gasteiger partial charge in [-0.15, -0.1) is 0 Å². The fraction of sp³-hybridized carbons (Fsp3) is 0.571. The van der Waals surface area contributed by atoms with Crippen LogP contribution in [0.15, 0.2) is 18.2 Å². The quantitative estimate of drug-likeness (QED) is 0.872. The smallest absolute Gasteiger partial charge is 0.161 e. The van der Waals surface area contributed by atoms with Crippen LogP contribution in [0.1, 0.15) is 37.3 Å². The fourth-order valence-corrected chi connectivity index (χ4v) is 2.65. The summed E-state index contributed by atoms with van der Waals surface area (Å²) in [6, 6.07) is 6.10. The van der Waals surface area contributed by atoms with Gasteiger partial charge in [-0.2, -0.15) is 0 Å². The minimum absolute atomic E-state index is 0.123. The highest BCUT2D eigenvalue weighted by molar-refractivity contribution is 5.43. The van der Waals surface area contributed by atoms with Crippen LogP contribution in [0.5, 0.6) is 11.5 Å². The third-order valence-electron chi connectivity index (χ3n) is 3.70. The van der Waals surface area contributed by atoms with Gasteiger partial charge in [0, 0.05) is 6.04 Å². The van der Waals surface area contributed by atoms with Crippen LogP contribution < -0.4 is 15.2 Å². The van der Waals surface area contributed by atoms with Gasteiger partial charge in [0.15, 0.2) is 11.5 Å². The van der Waals surface area contributed by atoms with Crippen molar-refractivity contribution in [3.63, 3.8) is 0 Å². The van der Waals surface area contributed by atoms with E-state index in [1.807, 2.05) is 18.2 Å². The van der Waals surface area contributed by atoms with Crippen LogP contribution in [0.4, 0.5) is 0 Å². The maximum Gasteiger partial charge on any atom is 0.161 e. The van der Waals surface area contributed by atoms with E-state index in [0.29, 0.717) is 5.92 Å². The summed E-state index contributed by atoms with van der Waals surface area (Å²) in [5.41, 5.74) is 7.47. The normalized spacial score (nSPS) is 18.1. The third-order valence-corrected chi connectivity index (χ3v) is 3.70. The van der Waals surface area contributed by atoms with Crippen molar-refractivity contribution in [1.82, 2.24) is 0 Å². The van der Waals surface area contributed by atoms with Gasteiger partial charge in [-0.3, -0.25) is 0 Å². The molecule has 2 N–H and O–H groups in total. The average Bonchev–Trinajstić information content (AvgIpc) is 2.90. The first-order valence-electron chi connectivity index (χ1n) is 6.23. The summed E-state index contributed by atoms with van der Waals surface area (Å²) in [5.74, 6) is 2.14. The molecule has 0 heterocycles. The first-order chi connectivity index (χ1) is 8.26. The molecule has 1 aromatic carbocycles. The molecule has 1 aliphatic rings. The Balaban J connectivity index is 2.20. The second-order valence-electron chi connectivity index (χ2n) is 4.68. The molecule has 2 rings (SSSR count). The molecule has 0 radical (unpaired) electrons. The number of methoxy groups -OCH3 is 2. The fourth-order valence-electron chi connectivity index (χ4n) is 2.65. The van der Waals surface area contributed by atoms with Crippen LogP contribution in [-0.2, 0) is 0 Å². The van der Waals surface area contributed by atoms with Gasteiger partial charge < -0.3 is 15.2 Å². The van der Waals surface area contributed by atoms with Crippen molar-refractivity contribution >= 4 is 0 Å². The predicted molar refractivity (Wildman–Crippen MR) is 68.4 cm³/mol. The van der Waals surface area contributed by atoms with E-state index in [1.165, 1.54) is 25.7 Å². The number of nitrogens with two attached hydrogens (primary N) is 1. The van der Waals surface area contributed by atoms with Crippen molar-refractivity contribution in [2.24, 2.45) is 11.7 Å². The predicted octanol–water partition coefficient (Wildman–Crippen LogP) is 2.89.